The third-order valence-electron chi connectivity index (χ3n) is 9.28. The maximum Gasteiger partial charge on any atom is 0.306 e. The van der Waals surface area contributed by atoms with Crippen LogP contribution in [0.4, 0.5) is 0 Å². The van der Waals surface area contributed by atoms with Gasteiger partial charge in [0.25, 0.3) is 7.82 Å². The number of phosphoric ester groups is 1. The zero-order valence-corrected chi connectivity index (χ0v) is 38.7. The summed E-state index contributed by atoms with van der Waals surface area (Å²) in [6.07, 6.45) is 45.2. The summed E-state index contributed by atoms with van der Waals surface area (Å²) in [7, 11) is 1.07. The van der Waals surface area contributed by atoms with E-state index in [1.165, 1.54) is 64.2 Å². The van der Waals surface area contributed by atoms with E-state index in [4.69, 9.17) is 18.5 Å². The van der Waals surface area contributed by atoms with E-state index in [-0.39, 0.29) is 26.1 Å². The number of phosphoric acid groups is 1. The lowest BCUT2D eigenvalue weighted by atomic mass is 10.1. The monoisotopic (exact) mass is 850 g/mol. The van der Waals surface area contributed by atoms with Crippen molar-refractivity contribution < 1.29 is 47.2 Å². The number of rotatable bonds is 40. The summed E-state index contributed by atoms with van der Waals surface area (Å²) < 4.78 is 33.8. The van der Waals surface area contributed by atoms with Crippen LogP contribution in [0.25, 0.3) is 0 Å². The first-order valence-electron chi connectivity index (χ1n) is 22.8. The molecule has 2 unspecified atom stereocenters. The Morgan fingerprint density at radius 1 is 0.627 bits per heavy atom. The van der Waals surface area contributed by atoms with E-state index in [0.717, 1.165) is 44.9 Å². The third kappa shape index (κ3) is 43.3. The van der Waals surface area contributed by atoms with Gasteiger partial charge in [-0.15, -0.1) is 0 Å². The molecule has 0 aromatic heterocycles. The zero-order chi connectivity index (χ0) is 43.7. The SMILES string of the molecule is CCCCC/C=C\C/C=C\CCCCCCCCCC(=O)O[C@H](COC(=O)CCC/C=C/C=C\C(O)C/C=C\C/C=C\CCCCC)COP(=O)([O-])OCC[N+](C)(C)C. The normalized spacial score (nSPS) is 14.8. The molecule has 0 amide bonds. The Kier molecular flexibility index (Phi) is 37.8. The fourth-order valence-electron chi connectivity index (χ4n) is 5.64. The molecule has 10 nitrogen and oxygen atoms in total. The Labute approximate surface area is 360 Å². The Morgan fingerprint density at radius 3 is 1.75 bits per heavy atom. The molecule has 340 valence electrons. The molecule has 0 rings (SSSR count). The van der Waals surface area contributed by atoms with E-state index in [0.29, 0.717) is 36.7 Å². The standard InChI is InChI=1S/C48H84NO9P/c1-6-8-10-12-14-16-17-18-19-20-21-22-23-25-27-31-36-40-48(52)58-46(44-57-59(53,54)56-42-41-49(3,4)5)43-55-47(51)39-35-32-28-30-34-38-45(50)37-33-29-26-24-15-13-11-9-7-2/h14-16,18-19,24,28-30,33-34,38,45-46,50H,6-13,17,20-23,25-27,31-32,35-37,39-44H2,1-5H3/b16-14-,19-18-,24-15-,30-28+,33-29-,38-34-/t45?,46-/m1/s1. The summed E-state index contributed by atoms with van der Waals surface area (Å²) in [5, 5.41) is 10.1. The highest BCUT2D eigenvalue weighted by atomic mass is 31.2. The predicted molar refractivity (Wildman–Crippen MR) is 242 cm³/mol. The van der Waals surface area contributed by atoms with Crippen molar-refractivity contribution in [2.45, 2.75) is 174 Å². The molecule has 0 radical (unpaired) electrons. The lowest BCUT2D eigenvalue weighted by Crippen LogP contribution is -2.37. The zero-order valence-electron chi connectivity index (χ0n) is 37.8. The van der Waals surface area contributed by atoms with Gasteiger partial charge < -0.3 is 33.0 Å². The Hall–Kier alpha value is -2.59. The van der Waals surface area contributed by atoms with E-state index in [9.17, 15) is 24.2 Å². The van der Waals surface area contributed by atoms with E-state index >= 15 is 0 Å². The van der Waals surface area contributed by atoms with Crippen molar-refractivity contribution >= 4 is 19.8 Å². The lowest BCUT2D eigenvalue weighted by Gasteiger charge is -2.28. The number of carbonyl (C=O) groups excluding carboxylic acids is 2. The van der Waals surface area contributed by atoms with Gasteiger partial charge in [-0.25, -0.2) is 0 Å². The van der Waals surface area contributed by atoms with Crippen molar-refractivity contribution in [2.24, 2.45) is 0 Å². The van der Waals surface area contributed by atoms with Crippen molar-refractivity contribution in [3.63, 3.8) is 0 Å². The molecule has 1 N–H and O–H groups in total. The van der Waals surface area contributed by atoms with Gasteiger partial charge in [-0.05, 0) is 77.0 Å². The molecule has 0 saturated heterocycles. The van der Waals surface area contributed by atoms with E-state index < -0.39 is 38.6 Å². The van der Waals surface area contributed by atoms with Crippen LogP contribution in [-0.2, 0) is 32.7 Å². The molecule has 59 heavy (non-hydrogen) atoms. The Balaban J connectivity index is 4.54. The number of quaternary nitrogens is 1. The number of nitrogens with zero attached hydrogens (tertiary/aromatic N) is 1. The highest BCUT2D eigenvalue weighted by Crippen LogP contribution is 2.38. The molecule has 11 heteroatoms. The predicted octanol–water partition coefficient (Wildman–Crippen LogP) is 11.4. The van der Waals surface area contributed by atoms with Crippen LogP contribution in [0.1, 0.15) is 162 Å². The highest BCUT2D eigenvalue weighted by molar-refractivity contribution is 7.45. The number of carbonyl (C=O) groups is 2. The van der Waals surface area contributed by atoms with Gasteiger partial charge in [0.2, 0.25) is 0 Å². The summed E-state index contributed by atoms with van der Waals surface area (Å²) >= 11 is 0. The number of aliphatic hydroxyl groups is 1. The van der Waals surface area contributed by atoms with E-state index in [1.807, 2.05) is 39.4 Å². The molecule has 0 fully saturated rings. The average Bonchev–Trinajstić information content (AvgIpc) is 3.18. The summed E-state index contributed by atoms with van der Waals surface area (Å²) in [5.74, 6) is -0.979. The van der Waals surface area contributed by atoms with Crippen LogP contribution in [-0.4, -0.2) is 81.2 Å². The number of likely N-dealkylation sites (N-methyl/N-ethyl adjacent to an activating group) is 1. The molecule has 0 aliphatic heterocycles. The van der Waals surface area contributed by atoms with Gasteiger partial charge in [-0.2, -0.15) is 0 Å². The minimum atomic E-state index is -4.66. The summed E-state index contributed by atoms with van der Waals surface area (Å²) in [6, 6.07) is 0. The second kappa shape index (κ2) is 39.5. The molecular formula is C48H84NO9P. The maximum absolute atomic E-state index is 12.7. The van der Waals surface area contributed by atoms with E-state index in [2.05, 4.69) is 56.4 Å². The van der Waals surface area contributed by atoms with Crippen LogP contribution in [0, 0.1) is 0 Å². The van der Waals surface area contributed by atoms with Crippen molar-refractivity contribution in [1.82, 2.24) is 0 Å². The van der Waals surface area contributed by atoms with Gasteiger partial charge in [0.1, 0.15) is 19.8 Å². The smallest absolute Gasteiger partial charge is 0.306 e. The number of aliphatic hydroxyl groups excluding tert-OH is 1. The van der Waals surface area contributed by atoms with Gasteiger partial charge >= 0.3 is 11.9 Å². The highest BCUT2D eigenvalue weighted by Gasteiger charge is 2.21. The molecule has 0 aromatic rings. The lowest BCUT2D eigenvalue weighted by molar-refractivity contribution is -0.870. The van der Waals surface area contributed by atoms with Crippen LogP contribution in [0.5, 0.6) is 0 Å². The first-order chi connectivity index (χ1) is 28.4. The van der Waals surface area contributed by atoms with Gasteiger partial charge in [0, 0.05) is 12.8 Å². The fraction of sp³-hybridized carbons (Fsp3) is 0.708. The second-order valence-electron chi connectivity index (χ2n) is 16.3. The molecule has 0 spiro atoms. The molecular weight excluding hydrogens is 766 g/mol. The second-order valence-corrected chi connectivity index (χ2v) is 17.7. The number of unbranched alkanes of at least 4 members (excludes halogenated alkanes) is 14. The minimum Gasteiger partial charge on any atom is -0.756 e. The molecule has 3 atom stereocenters. The van der Waals surface area contributed by atoms with Crippen molar-refractivity contribution in [3.05, 3.63) is 72.9 Å². The maximum atomic E-state index is 12.7. The summed E-state index contributed by atoms with van der Waals surface area (Å²) in [6.45, 7) is 3.98. The van der Waals surface area contributed by atoms with Crippen molar-refractivity contribution in [3.8, 4) is 0 Å². The largest absolute Gasteiger partial charge is 0.756 e. The van der Waals surface area contributed by atoms with Crippen LogP contribution in [0.2, 0.25) is 0 Å². The minimum absolute atomic E-state index is 0.0581. The van der Waals surface area contributed by atoms with Crippen LogP contribution in [0.3, 0.4) is 0 Å². The first-order valence-corrected chi connectivity index (χ1v) is 24.2. The van der Waals surface area contributed by atoms with Crippen molar-refractivity contribution in [1.29, 1.82) is 0 Å². The van der Waals surface area contributed by atoms with E-state index in [1.54, 1.807) is 12.2 Å². The van der Waals surface area contributed by atoms with Gasteiger partial charge in [-0.3, -0.25) is 14.2 Å². The molecule has 0 bridgehead atoms. The van der Waals surface area contributed by atoms with Crippen molar-refractivity contribution in [2.75, 3.05) is 47.5 Å². The van der Waals surface area contributed by atoms with Crippen LogP contribution < -0.4 is 4.89 Å². The first kappa shape index (κ1) is 56.4. The molecule has 0 heterocycles. The molecule has 0 aliphatic rings. The van der Waals surface area contributed by atoms with Gasteiger partial charge in [-0.1, -0.05) is 145 Å². The fourth-order valence-corrected chi connectivity index (χ4v) is 6.37. The number of esters is 2. The number of hydrogen-bond donors (Lipinski definition) is 1. The molecule has 0 saturated carbocycles. The summed E-state index contributed by atoms with van der Waals surface area (Å²) in [5.41, 5.74) is 0. The Bertz CT molecular complexity index is 1250. The number of hydrogen-bond acceptors (Lipinski definition) is 9. The average molecular weight is 850 g/mol. The number of allylic oxidation sites excluding steroid dienone is 10. The third-order valence-corrected chi connectivity index (χ3v) is 10.2. The van der Waals surface area contributed by atoms with Crippen LogP contribution in [0.15, 0.2) is 72.9 Å². The van der Waals surface area contributed by atoms with Gasteiger partial charge in [0.15, 0.2) is 6.10 Å². The molecule has 0 aliphatic carbocycles. The summed E-state index contributed by atoms with van der Waals surface area (Å²) in [4.78, 5) is 37.6. The molecule has 0 aromatic carbocycles. The number of ether oxygens (including phenoxy) is 2. The van der Waals surface area contributed by atoms with Crippen LogP contribution >= 0.6 is 7.82 Å². The quantitative estimate of drug-likeness (QED) is 0.0160. The Morgan fingerprint density at radius 2 is 1.15 bits per heavy atom. The topological polar surface area (TPSA) is 131 Å². The van der Waals surface area contributed by atoms with Gasteiger partial charge in [0.05, 0.1) is 33.9 Å².